The fourth-order valence-corrected chi connectivity index (χ4v) is 3.21. The molecule has 0 saturated carbocycles. The van der Waals surface area contributed by atoms with E-state index in [-0.39, 0.29) is 23.5 Å². The number of likely N-dealkylation sites (tertiary alicyclic amines) is 1. The van der Waals surface area contributed by atoms with Crippen molar-refractivity contribution in [1.82, 2.24) is 10.2 Å². The summed E-state index contributed by atoms with van der Waals surface area (Å²) < 4.78 is 1.13. The maximum Gasteiger partial charge on any atom is 0.319 e. The minimum absolute atomic E-state index is 0.0863. The smallest absolute Gasteiger partial charge is 0.319 e. The Bertz CT molecular complexity index is 596. The lowest BCUT2D eigenvalue weighted by Crippen LogP contribution is -2.45. The van der Waals surface area contributed by atoms with Gasteiger partial charge in [-0.1, -0.05) is 0 Å². The van der Waals surface area contributed by atoms with Crippen LogP contribution in [0.4, 0.5) is 10.5 Å². The van der Waals surface area contributed by atoms with Gasteiger partial charge < -0.3 is 15.5 Å². The number of benzene rings is 1. The molecule has 1 atom stereocenters. The van der Waals surface area contributed by atoms with Crippen molar-refractivity contribution in [3.05, 3.63) is 27.3 Å². The predicted molar refractivity (Wildman–Crippen MR) is 95.9 cm³/mol. The van der Waals surface area contributed by atoms with Gasteiger partial charge in [0.15, 0.2) is 0 Å². The molecule has 1 aliphatic heterocycles. The van der Waals surface area contributed by atoms with E-state index in [1.54, 1.807) is 0 Å². The Morgan fingerprint density at radius 2 is 2.05 bits per heavy atom. The summed E-state index contributed by atoms with van der Waals surface area (Å²) in [4.78, 5) is 25.9. The van der Waals surface area contributed by atoms with Gasteiger partial charge >= 0.3 is 6.03 Å². The molecular formula is C16H22IN3O2. The van der Waals surface area contributed by atoms with E-state index in [0.717, 1.165) is 14.8 Å². The maximum absolute atomic E-state index is 12.1. The Hall–Kier alpha value is -1.31. The Kier molecular flexibility index (Phi) is 4.99. The molecule has 1 saturated heterocycles. The molecule has 22 heavy (non-hydrogen) atoms. The van der Waals surface area contributed by atoms with E-state index in [0.29, 0.717) is 13.0 Å². The van der Waals surface area contributed by atoms with Gasteiger partial charge in [-0.2, -0.15) is 0 Å². The van der Waals surface area contributed by atoms with Crippen LogP contribution in [0.2, 0.25) is 0 Å². The summed E-state index contributed by atoms with van der Waals surface area (Å²) in [5, 5.41) is 5.74. The number of halogens is 1. The van der Waals surface area contributed by atoms with Crippen molar-refractivity contribution >= 4 is 40.2 Å². The highest BCUT2D eigenvalue weighted by atomic mass is 127. The van der Waals surface area contributed by atoms with Gasteiger partial charge in [0.2, 0.25) is 5.91 Å². The first kappa shape index (κ1) is 17.1. The fourth-order valence-electron chi connectivity index (χ4n) is 2.56. The average Bonchev–Trinajstić information content (AvgIpc) is 2.73. The zero-order valence-corrected chi connectivity index (χ0v) is 15.5. The van der Waals surface area contributed by atoms with E-state index in [2.05, 4.69) is 33.2 Å². The van der Waals surface area contributed by atoms with E-state index in [1.807, 2.05) is 50.8 Å². The number of hydrogen-bond acceptors (Lipinski definition) is 2. The van der Waals surface area contributed by atoms with Crippen molar-refractivity contribution in [2.24, 2.45) is 0 Å². The second kappa shape index (κ2) is 6.44. The van der Waals surface area contributed by atoms with Crippen LogP contribution in [0.1, 0.15) is 32.8 Å². The number of carbonyl (C=O) groups is 2. The summed E-state index contributed by atoms with van der Waals surface area (Å²) in [5.41, 5.74) is 1.59. The molecule has 1 aliphatic rings. The number of nitrogens with one attached hydrogen (secondary N) is 2. The molecule has 0 radical (unpaired) electrons. The van der Waals surface area contributed by atoms with Crippen molar-refractivity contribution in [1.29, 1.82) is 0 Å². The van der Waals surface area contributed by atoms with E-state index in [4.69, 9.17) is 0 Å². The molecule has 5 nitrogen and oxygen atoms in total. The van der Waals surface area contributed by atoms with Crippen LogP contribution in [0.3, 0.4) is 0 Å². The zero-order chi connectivity index (χ0) is 16.5. The predicted octanol–water partition coefficient (Wildman–Crippen LogP) is 3.12. The number of anilines is 1. The number of carbonyl (C=O) groups excluding carboxylic acids is 2. The lowest BCUT2D eigenvalue weighted by Gasteiger charge is -2.32. The first-order valence-corrected chi connectivity index (χ1v) is 8.39. The minimum Gasteiger partial charge on any atom is -0.336 e. The van der Waals surface area contributed by atoms with Gasteiger partial charge in [0, 0.05) is 27.8 Å². The average molecular weight is 415 g/mol. The summed E-state index contributed by atoms with van der Waals surface area (Å²) in [6.45, 7) is 8.52. The van der Waals surface area contributed by atoms with Crippen molar-refractivity contribution in [2.45, 2.75) is 45.7 Å². The molecule has 1 aromatic carbocycles. The van der Waals surface area contributed by atoms with Crippen molar-refractivity contribution in [2.75, 3.05) is 11.9 Å². The number of aryl methyl sites for hydroxylation is 1. The Balaban J connectivity index is 1.94. The monoisotopic (exact) mass is 415 g/mol. The first-order valence-electron chi connectivity index (χ1n) is 7.31. The van der Waals surface area contributed by atoms with Gasteiger partial charge in [0.1, 0.15) is 0 Å². The third kappa shape index (κ3) is 4.12. The van der Waals surface area contributed by atoms with E-state index in [9.17, 15) is 9.59 Å². The van der Waals surface area contributed by atoms with Gasteiger partial charge in [-0.15, -0.1) is 0 Å². The van der Waals surface area contributed by atoms with Gasteiger partial charge in [0.05, 0.1) is 6.04 Å². The zero-order valence-electron chi connectivity index (χ0n) is 13.4. The van der Waals surface area contributed by atoms with Crippen LogP contribution in [-0.4, -0.2) is 35.0 Å². The highest BCUT2D eigenvalue weighted by Crippen LogP contribution is 2.22. The number of nitrogens with zero attached hydrogens (tertiary/aromatic N) is 1. The van der Waals surface area contributed by atoms with Crippen molar-refractivity contribution < 1.29 is 9.59 Å². The second-order valence-corrected chi connectivity index (χ2v) is 7.88. The second-order valence-electron chi connectivity index (χ2n) is 6.63. The van der Waals surface area contributed by atoms with Crippen LogP contribution in [0.25, 0.3) is 0 Å². The Morgan fingerprint density at radius 3 is 2.59 bits per heavy atom. The molecule has 1 aromatic rings. The van der Waals surface area contributed by atoms with Gasteiger partial charge in [-0.25, -0.2) is 4.79 Å². The molecule has 120 valence electrons. The van der Waals surface area contributed by atoms with Crippen LogP contribution in [-0.2, 0) is 4.79 Å². The topological polar surface area (TPSA) is 61.4 Å². The third-order valence-electron chi connectivity index (χ3n) is 3.71. The molecule has 0 aromatic heterocycles. The Morgan fingerprint density at radius 1 is 1.36 bits per heavy atom. The van der Waals surface area contributed by atoms with Crippen LogP contribution in [0.15, 0.2) is 18.2 Å². The van der Waals surface area contributed by atoms with Crippen LogP contribution >= 0.6 is 22.6 Å². The SMILES string of the molecule is Cc1cc(I)ccc1NC(=O)NC1CC(=O)N(C(C)(C)C)C1. The molecule has 1 fully saturated rings. The van der Waals surface area contributed by atoms with E-state index < -0.39 is 0 Å². The van der Waals surface area contributed by atoms with E-state index >= 15 is 0 Å². The summed E-state index contributed by atoms with van der Waals surface area (Å²) in [6, 6.07) is 5.44. The Labute approximate surface area is 145 Å². The lowest BCUT2D eigenvalue weighted by atomic mass is 10.1. The molecule has 1 unspecified atom stereocenters. The van der Waals surface area contributed by atoms with Crippen LogP contribution in [0.5, 0.6) is 0 Å². The van der Waals surface area contributed by atoms with Gasteiger partial charge in [-0.3, -0.25) is 4.79 Å². The minimum atomic E-state index is -0.266. The van der Waals surface area contributed by atoms with Crippen LogP contribution in [0, 0.1) is 10.5 Å². The molecule has 0 bridgehead atoms. The molecular weight excluding hydrogens is 393 g/mol. The summed E-state index contributed by atoms with van der Waals surface area (Å²) in [7, 11) is 0. The standard InChI is InChI=1S/C16H22IN3O2/c1-10-7-11(17)5-6-13(10)19-15(22)18-12-8-14(21)20(9-12)16(2,3)4/h5-7,12H,8-9H2,1-4H3,(H2,18,19,22). The number of amides is 3. The molecule has 2 N–H and O–H groups in total. The molecule has 1 heterocycles. The number of rotatable bonds is 2. The molecule has 0 spiro atoms. The molecule has 0 aliphatic carbocycles. The summed E-state index contributed by atoms with van der Waals surface area (Å²) in [5.74, 6) is 0.0863. The largest absolute Gasteiger partial charge is 0.336 e. The quantitative estimate of drug-likeness (QED) is 0.730. The number of urea groups is 1. The van der Waals surface area contributed by atoms with Crippen molar-refractivity contribution in [3.8, 4) is 0 Å². The molecule has 6 heteroatoms. The maximum atomic E-state index is 12.1. The molecule has 2 rings (SSSR count). The van der Waals surface area contributed by atoms with Gasteiger partial charge in [0.25, 0.3) is 0 Å². The first-order chi connectivity index (χ1) is 10.2. The number of hydrogen-bond donors (Lipinski definition) is 2. The highest BCUT2D eigenvalue weighted by molar-refractivity contribution is 14.1. The molecule has 3 amide bonds. The lowest BCUT2D eigenvalue weighted by molar-refractivity contribution is -0.131. The van der Waals surface area contributed by atoms with E-state index in [1.165, 1.54) is 0 Å². The van der Waals surface area contributed by atoms with Gasteiger partial charge in [-0.05, 0) is 74.0 Å². The summed E-state index contributed by atoms with van der Waals surface area (Å²) in [6.07, 6.45) is 0.358. The van der Waals surface area contributed by atoms with Crippen LogP contribution < -0.4 is 10.6 Å². The van der Waals surface area contributed by atoms with Crippen molar-refractivity contribution in [3.63, 3.8) is 0 Å². The fraction of sp³-hybridized carbons (Fsp3) is 0.500. The third-order valence-corrected chi connectivity index (χ3v) is 4.38. The highest BCUT2D eigenvalue weighted by Gasteiger charge is 2.36. The summed E-state index contributed by atoms with van der Waals surface area (Å²) >= 11 is 2.24. The normalized spacial score (nSPS) is 18.5.